The van der Waals surface area contributed by atoms with Gasteiger partial charge in [0.25, 0.3) is 0 Å². The average Bonchev–Trinajstić information content (AvgIpc) is 2.97. The predicted octanol–water partition coefficient (Wildman–Crippen LogP) is 7.57. The Labute approximate surface area is 216 Å². The molecular formula is C34H25NO2. The summed E-state index contributed by atoms with van der Waals surface area (Å²) in [4.78, 5) is 14.7. The summed E-state index contributed by atoms with van der Waals surface area (Å²) in [6.07, 6.45) is 0.726. The lowest BCUT2D eigenvalue weighted by Gasteiger charge is -2.46. The van der Waals surface area contributed by atoms with E-state index in [2.05, 4.69) is 120 Å². The zero-order valence-corrected chi connectivity index (χ0v) is 20.3. The fourth-order valence-corrected chi connectivity index (χ4v) is 6.15. The van der Waals surface area contributed by atoms with Crippen molar-refractivity contribution < 1.29 is 9.53 Å². The van der Waals surface area contributed by atoms with Crippen molar-refractivity contribution in [2.24, 2.45) is 0 Å². The van der Waals surface area contributed by atoms with Crippen LogP contribution in [-0.4, -0.2) is 12.6 Å². The van der Waals surface area contributed by atoms with Crippen molar-refractivity contribution in [1.82, 2.24) is 0 Å². The Morgan fingerprint density at radius 2 is 1.16 bits per heavy atom. The number of esters is 1. The molecule has 0 aliphatic carbocycles. The highest BCUT2D eigenvalue weighted by atomic mass is 16.5. The fourth-order valence-electron chi connectivity index (χ4n) is 6.15. The first-order valence-corrected chi connectivity index (χ1v) is 12.7. The Bertz CT molecular complexity index is 1540. The maximum absolute atomic E-state index is 12.3. The molecule has 0 N–H and O–H groups in total. The molecule has 5 aromatic rings. The zero-order valence-electron chi connectivity index (χ0n) is 20.3. The van der Waals surface area contributed by atoms with Crippen molar-refractivity contribution in [3.63, 3.8) is 0 Å². The van der Waals surface area contributed by atoms with E-state index in [-0.39, 0.29) is 5.97 Å². The molecule has 0 bridgehead atoms. The molecule has 0 radical (unpaired) electrons. The Balaban J connectivity index is 1.56. The smallest absolute Gasteiger partial charge is 0.338 e. The monoisotopic (exact) mass is 479 g/mol. The number of para-hydroxylation sites is 2. The molecule has 37 heavy (non-hydrogen) atoms. The van der Waals surface area contributed by atoms with Crippen LogP contribution < -0.4 is 4.90 Å². The maximum Gasteiger partial charge on any atom is 0.338 e. The lowest BCUT2D eigenvalue weighted by Crippen LogP contribution is -2.37. The van der Waals surface area contributed by atoms with Crippen LogP contribution in [0.15, 0.2) is 127 Å². The summed E-state index contributed by atoms with van der Waals surface area (Å²) >= 11 is 0. The molecule has 2 heterocycles. The highest BCUT2D eigenvalue weighted by molar-refractivity contribution is 5.94. The van der Waals surface area contributed by atoms with E-state index < -0.39 is 5.41 Å². The van der Waals surface area contributed by atoms with Gasteiger partial charge in [0, 0.05) is 12.1 Å². The van der Waals surface area contributed by atoms with Crippen LogP contribution >= 0.6 is 0 Å². The van der Waals surface area contributed by atoms with Crippen molar-refractivity contribution in [3.8, 4) is 0 Å². The van der Waals surface area contributed by atoms with Crippen LogP contribution in [0.2, 0.25) is 0 Å². The standard InChI is InChI=1S/C34H25NO2/c36-33-28-20-19-27(23-24(28)21-22-37-33)35-31-17-9-7-15-29(31)34(25-11-3-1-4-12-25,26-13-5-2-6-14-26)30-16-8-10-18-32(30)35/h1-20,23H,21-22H2. The van der Waals surface area contributed by atoms with Gasteiger partial charge in [-0.15, -0.1) is 0 Å². The van der Waals surface area contributed by atoms with Gasteiger partial charge in [-0.1, -0.05) is 97.1 Å². The van der Waals surface area contributed by atoms with Gasteiger partial charge in [0.2, 0.25) is 0 Å². The van der Waals surface area contributed by atoms with E-state index in [4.69, 9.17) is 4.74 Å². The lowest BCUT2D eigenvalue weighted by atomic mass is 9.62. The van der Waals surface area contributed by atoms with Crippen LogP contribution in [0, 0.1) is 0 Å². The van der Waals surface area contributed by atoms with Crippen LogP contribution in [0.1, 0.15) is 38.2 Å². The molecule has 3 nitrogen and oxygen atoms in total. The third-order valence-corrected chi connectivity index (χ3v) is 7.68. The van der Waals surface area contributed by atoms with Crippen LogP contribution in [0.5, 0.6) is 0 Å². The van der Waals surface area contributed by atoms with E-state index >= 15 is 0 Å². The van der Waals surface area contributed by atoms with Crippen molar-refractivity contribution in [1.29, 1.82) is 0 Å². The molecular weight excluding hydrogens is 454 g/mol. The number of cyclic esters (lactones) is 1. The molecule has 0 saturated carbocycles. The van der Waals surface area contributed by atoms with Crippen LogP contribution in [0.3, 0.4) is 0 Å². The minimum atomic E-state index is -0.482. The van der Waals surface area contributed by atoms with E-state index in [1.165, 1.54) is 22.3 Å². The molecule has 2 aliphatic rings. The summed E-state index contributed by atoms with van der Waals surface area (Å²) in [7, 11) is 0. The number of benzene rings is 5. The molecule has 178 valence electrons. The van der Waals surface area contributed by atoms with E-state index in [0.29, 0.717) is 12.2 Å². The van der Waals surface area contributed by atoms with Gasteiger partial charge >= 0.3 is 5.97 Å². The molecule has 7 rings (SSSR count). The van der Waals surface area contributed by atoms with Crippen LogP contribution in [0.4, 0.5) is 17.1 Å². The van der Waals surface area contributed by atoms with Crippen molar-refractivity contribution in [3.05, 3.63) is 161 Å². The SMILES string of the molecule is O=C1OCCc2cc(N3c4ccccc4C(c4ccccc4)(c4ccccc4)c4ccccc43)ccc21. The normalized spacial score (nSPS) is 15.2. The number of nitrogens with zero attached hydrogens (tertiary/aromatic N) is 1. The first kappa shape index (κ1) is 21.6. The zero-order chi connectivity index (χ0) is 24.8. The van der Waals surface area contributed by atoms with E-state index in [1.54, 1.807) is 0 Å². The Morgan fingerprint density at radius 1 is 0.622 bits per heavy atom. The van der Waals surface area contributed by atoms with Gasteiger partial charge in [-0.2, -0.15) is 0 Å². The first-order chi connectivity index (χ1) is 18.3. The topological polar surface area (TPSA) is 29.5 Å². The molecule has 3 heteroatoms. The van der Waals surface area contributed by atoms with Crippen molar-refractivity contribution >= 4 is 23.0 Å². The number of ether oxygens (including phenoxy) is 1. The summed E-state index contributed by atoms with van der Waals surface area (Å²) in [5.74, 6) is -0.237. The first-order valence-electron chi connectivity index (χ1n) is 12.7. The van der Waals surface area contributed by atoms with Gasteiger partial charge in [-0.05, 0) is 58.1 Å². The Kier molecular flexibility index (Phi) is 4.97. The third kappa shape index (κ3) is 3.17. The molecule has 5 aromatic carbocycles. The lowest BCUT2D eigenvalue weighted by molar-refractivity contribution is 0.0480. The molecule has 0 saturated heterocycles. The number of hydrogen-bond acceptors (Lipinski definition) is 3. The fraction of sp³-hybridized carbons (Fsp3) is 0.0882. The van der Waals surface area contributed by atoms with Gasteiger partial charge < -0.3 is 9.64 Å². The molecule has 2 aliphatic heterocycles. The molecule has 0 unspecified atom stereocenters. The number of anilines is 3. The van der Waals surface area contributed by atoms with Gasteiger partial charge in [-0.3, -0.25) is 0 Å². The van der Waals surface area contributed by atoms with Crippen molar-refractivity contribution in [2.45, 2.75) is 11.8 Å². The Morgan fingerprint density at radius 3 is 1.76 bits per heavy atom. The molecule has 0 aromatic heterocycles. The van der Waals surface area contributed by atoms with Crippen LogP contribution in [0.25, 0.3) is 0 Å². The summed E-state index contributed by atoms with van der Waals surface area (Å²) < 4.78 is 5.27. The Hall–Kier alpha value is -4.63. The number of fused-ring (bicyclic) bond motifs is 3. The number of hydrogen-bond donors (Lipinski definition) is 0. The number of carbonyl (C=O) groups is 1. The largest absolute Gasteiger partial charge is 0.462 e. The van der Waals surface area contributed by atoms with Crippen molar-refractivity contribution in [2.75, 3.05) is 11.5 Å². The second-order valence-corrected chi connectivity index (χ2v) is 9.58. The minimum Gasteiger partial charge on any atom is -0.462 e. The quantitative estimate of drug-likeness (QED) is 0.245. The second-order valence-electron chi connectivity index (χ2n) is 9.58. The minimum absolute atomic E-state index is 0.237. The maximum atomic E-state index is 12.3. The van der Waals surface area contributed by atoms with Gasteiger partial charge in [0.1, 0.15) is 0 Å². The van der Waals surface area contributed by atoms with E-state index in [1.807, 2.05) is 12.1 Å². The number of carbonyl (C=O) groups excluding carboxylic acids is 1. The molecule has 0 fully saturated rings. The van der Waals surface area contributed by atoms with Gasteiger partial charge in [-0.25, -0.2) is 4.79 Å². The summed E-state index contributed by atoms with van der Waals surface area (Å²) in [6, 6.07) is 45.1. The molecule has 0 amide bonds. The summed E-state index contributed by atoms with van der Waals surface area (Å²) in [5.41, 5.74) is 9.43. The number of rotatable bonds is 3. The van der Waals surface area contributed by atoms with Gasteiger partial charge in [0.05, 0.1) is 29.0 Å². The van der Waals surface area contributed by atoms with Crippen LogP contribution in [-0.2, 0) is 16.6 Å². The third-order valence-electron chi connectivity index (χ3n) is 7.68. The summed E-state index contributed by atoms with van der Waals surface area (Å²) in [6.45, 7) is 0.424. The summed E-state index contributed by atoms with van der Waals surface area (Å²) in [5, 5.41) is 0. The van der Waals surface area contributed by atoms with E-state index in [0.717, 1.165) is 29.0 Å². The van der Waals surface area contributed by atoms with Gasteiger partial charge in [0.15, 0.2) is 0 Å². The van der Waals surface area contributed by atoms with E-state index in [9.17, 15) is 4.79 Å². The highest BCUT2D eigenvalue weighted by Gasteiger charge is 2.46. The molecule has 0 spiro atoms. The predicted molar refractivity (Wildman–Crippen MR) is 147 cm³/mol. The highest BCUT2D eigenvalue weighted by Crippen LogP contribution is 2.57. The second kappa shape index (κ2) is 8.49. The molecule has 0 atom stereocenters. The average molecular weight is 480 g/mol.